The lowest BCUT2D eigenvalue weighted by Gasteiger charge is -2.20. The van der Waals surface area contributed by atoms with Crippen molar-refractivity contribution in [3.63, 3.8) is 0 Å². The molecule has 0 radical (unpaired) electrons. The SMILES string of the molecule is CC(Cl)c1nc(C(C)(C)C)c(Br)c(=O)[nH]1. The largest absolute Gasteiger partial charge is 0.308 e. The second-order valence-corrected chi connectivity index (χ2v) is 5.93. The van der Waals surface area contributed by atoms with Gasteiger partial charge >= 0.3 is 0 Å². The number of aromatic amines is 1. The summed E-state index contributed by atoms with van der Waals surface area (Å²) in [6, 6.07) is 0. The number of nitrogens with zero attached hydrogens (tertiary/aromatic N) is 1. The molecule has 1 aromatic heterocycles. The van der Waals surface area contributed by atoms with Crippen molar-refractivity contribution >= 4 is 27.5 Å². The van der Waals surface area contributed by atoms with Crippen LogP contribution < -0.4 is 5.56 Å². The number of nitrogens with one attached hydrogen (secondary N) is 1. The van der Waals surface area contributed by atoms with E-state index < -0.39 is 0 Å². The quantitative estimate of drug-likeness (QED) is 0.809. The van der Waals surface area contributed by atoms with E-state index in [9.17, 15) is 4.79 Å². The highest BCUT2D eigenvalue weighted by molar-refractivity contribution is 9.10. The second-order valence-electron chi connectivity index (χ2n) is 4.48. The van der Waals surface area contributed by atoms with Crippen molar-refractivity contribution in [2.24, 2.45) is 0 Å². The van der Waals surface area contributed by atoms with Gasteiger partial charge in [0, 0.05) is 5.41 Å². The van der Waals surface area contributed by atoms with Crippen molar-refractivity contribution in [2.75, 3.05) is 0 Å². The summed E-state index contributed by atoms with van der Waals surface area (Å²) in [5.74, 6) is 0.509. The summed E-state index contributed by atoms with van der Waals surface area (Å²) in [5, 5.41) is -0.299. The first kappa shape index (κ1) is 12.7. The van der Waals surface area contributed by atoms with Gasteiger partial charge in [0.2, 0.25) is 0 Å². The van der Waals surface area contributed by atoms with Crippen LogP contribution in [0.2, 0.25) is 0 Å². The fourth-order valence-electron chi connectivity index (χ4n) is 1.16. The Morgan fingerprint density at radius 2 is 2.00 bits per heavy atom. The Bertz CT molecular complexity index is 420. The summed E-state index contributed by atoms with van der Waals surface area (Å²) in [5.41, 5.74) is 0.361. The molecule has 0 amide bonds. The highest BCUT2D eigenvalue weighted by Crippen LogP contribution is 2.26. The zero-order valence-corrected chi connectivity index (χ0v) is 11.5. The molecular weight excluding hydrogens is 279 g/mol. The van der Waals surface area contributed by atoms with Crippen LogP contribution in [0.1, 0.15) is 44.6 Å². The predicted molar refractivity (Wildman–Crippen MR) is 65.5 cm³/mol. The molecule has 1 N–H and O–H groups in total. The summed E-state index contributed by atoms with van der Waals surface area (Å²) in [6.07, 6.45) is 0. The van der Waals surface area contributed by atoms with Gasteiger partial charge in [-0.25, -0.2) is 4.98 Å². The first-order valence-electron chi connectivity index (χ1n) is 4.67. The average molecular weight is 294 g/mol. The maximum atomic E-state index is 11.6. The van der Waals surface area contributed by atoms with Crippen LogP contribution in [0.15, 0.2) is 9.27 Å². The monoisotopic (exact) mass is 292 g/mol. The molecule has 1 atom stereocenters. The van der Waals surface area contributed by atoms with E-state index in [0.717, 1.165) is 5.69 Å². The first-order valence-corrected chi connectivity index (χ1v) is 5.90. The normalized spacial score (nSPS) is 14.0. The average Bonchev–Trinajstić information content (AvgIpc) is 2.06. The molecule has 0 aliphatic carbocycles. The van der Waals surface area contributed by atoms with E-state index in [0.29, 0.717) is 10.3 Å². The number of halogens is 2. The van der Waals surface area contributed by atoms with Crippen LogP contribution in [0.3, 0.4) is 0 Å². The lowest BCUT2D eigenvalue weighted by Crippen LogP contribution is -2.23. The Morgan fingerprint density at radius 1 is 1.47 bits per heavy atom. The van der Waals surface area contributed by atoms with Crippen molar-refractivity contribution in [1.29, 1.82) is 0 Å². The lowest BCUT2D eigenvalue weighted by molar-refractivity contribution is 0.556. The van der Waals surface area contributed by atoms with Gasteiger partial charge in [0.25, 0.3) is 5.56 Å². The van der Waals surface area contributed by atoms with Crippen LogP contribution in [0.4, 0.5) is 0 Å². The molecule has 0 fully saturated rings. The first-order chi connectivity index (χ1) is 6.73. The van der Waals surface area contributed by atoms with E-state index in [1.165, 1.54) is 0 Å². The topological polar surface area (TPSA) is 45.8 Å². The smallest absolute Gasteiger partial charge is 0.265 e. The van der Waals surface area contributed by atoms with Crippen LogP contribution in [0.5, 0.6) is 0 Å². The number of rotatable bonds is 1. The summed E-state index contributed by atoms with van der Waals surface area (Å²) < 4.78 is 0.482. The van der Waals surface area contributed by atoms with Gasteiger partial charge < -0.3 is 4.98 Å². The summed E-state index contributed by atoms with van der Waals surface area (Å²) >= 11 is 9.15. The highest BCUT2D eigenvalue weighted by atomic mass is 79.9. The van der Waals surface area contributed by atoms with Crippen molar-refractivity contribution in [3.8, 4) is 0 Å². The van der Waals surface area contributed by atoms with E-state index in [1.54, 1.807) is 6.92 Å². The van der Waals surface area contributed by atoms with Crippen molar-refractivity contribution < 1.29 is 0 Å². The molecule has 0 spiro atoms. The third kappa shape index (κ3) is 2.82. The Labute approximate surface area is 102 Å². The summed E-state index contributed by atoms with van der Waals surface area (Å²) in [4.78, 5) is 18.6. The lowest BCUT2D eigenvalue weighted by atomic mass is 9.92. The van der Waals surface area contributed by atoms with Gasteiger partial charge in [-0.3, -0.25) is 4.79 Å². The third-order valence-corrected chi connectivity index (χ3v) is 2.91. The summed E-state index contributed by atoms with van der Waals surface area (Å²) in [7, 11) is 0. The van der Waals surface area contributed by atoms with E-state index in [4.69, 9.17) is 11.6 Å². The number of hydrogen-bond donors (Lipinski definition) is 1. The van der Waals surface area contributed by atoms with Gasteiger partial charge in [0.15, 0.2) is 0 Å². The second kappa shape index (κ2) is 4.26. The van der Waals surface area contributed by atoms with Crippen LogP contribution in [-0.2, 0) is 5.41 Å². The Hall–Kier alpha value is -0.350. The van der Waals surface area contributed by atoms with Crippen LogP contribution >= 0.6 is 27.5 Å². The third-order valence-electron chi connectivity index (χ3n) is 1.97. The van der Waals surface area contributed by atoms with Gasteiger partial charge in [-0.2, -0.15) is 0 Å². The van der Waals surface area contributed by atoms with Crippen molar-refractivity contribution in [1.82, 2.24) is 9.97 Å². The van der Waals surface area contributed by atoms with Gasteiger partial charge in [-0.05, 0) is 22.9 Å². The van der Waals surface area contributed by atoms with Gasteiger partial charge in [0.05, 0.1) is 11.1 Å². The number of alkyl halides is 1. The zero-order valence-electron chi connectivity index (χ0n) is 9.19. The van der Waals surface area contributed by atoms with E-state index in [1.807, 2.05) is 20.8 Å². The Balaban J connectivity index is 3.46. The van der Waals surface area contributed by atoms with Gasteiger partial charge in [-0.1, -0.05) is 20.8 Å². The number of aromatic nitrogens is 2. The number of H-pyrrole nitrogens is 1. The van der Waals surface area contributed by atoms with Crippen LogP contribution in [0, 0.1) is 0 Å². The van der Waals surface area contributed by atoms with Crippen molar-refractivity contribution in [2.45, 2.75) is 38.5 Å². The van der Waals surface area contributed by atoms with E-state index in [2.05, 4.69) is 25.9 Å². The minimum Gasteiger partial charge on any atom is -0.308 e. The molecule has 1 heterocycles. The molecule has 5 heteroatoms. The van der Waals surface area contributed by atoms with Crippen molar-refractivity contribution in [3.05, 3.63) is 26.3 Å². The van der Waals surface area contributed by atoms with Crippen LogP contribution in [0.25, 0.3) is 0 Å². The molecule has 0 aliphatic heterocycles. The minimum absolute atomic E-state index is 0.183. The highest BCUT2D eigenvalue weighted by Gasteiger charge is 2.22. The summed E-state index contributed by atoms with van der Waals surface area (Å²) in [6.45, 7) is 7.78. The molecule has 0 aromatic carbocycles. The van der Waals surface area contributed by atoms with Crippen LogP contribution in [-0.4, -0.2) is 9.97 Å². The Morgan fingerprint density at radius 3 is 2.40 bits per heavy atom. The maximum Gasteiger partial charge on any atom is 0.265 e. The molecule has 15 heavy (non-hydrogen) atoms. The molecular formula is C10H14BrClN2O. The fraction of sp³-hybridized carbons (Fsp3) is 0.600. The molecule has 0 bridgehead atoms. The fourth-order valence-corrected chi connectivity index (χ4v) is 2.05. The van der Waals surface area contributed by atoms with Gasteiger partial charge in [0.1, 0.15) is 10.3 Å². The van der Waals surface area contributed by atoms with Gasteiger partial charge in [-0.15, -0.1) is 11.6 Å². The standard InChI is InChI=1S/C10H14BrClN2O/c1-5(12)8-13-7(10(2,3)4)6(11)9(15)14-8/h5H,1-4H3,(H,13,14,15). The molecule has 3 nitrogen and oxygen atoms in total. The molecule has 1 aromatic rings. The molecule has 0 saturated heterocycles. The molecule has 0 aliphatic rings. The molecule has 1 rings (SSSR count). The molecule has 0 saturated carbocycles. The number of hydrogen-bond acceptors (Lipinski definition) is 2. The molecule has 84 valence electrons. The van der Waals surface area contributed by atoms with E-state index in [-0.39, 0.29) is 16.4 Å². The van der Waals surface area contributed by atoms with E-state index >= 15 is 0 Å². The maximum absolute atomic E-state index is 11.6. The Kier molecular flexibility index (Phi) is 3.61. The molecule has 1 unspecified atom stereocenters. The minimum atomic E-state index is -0.299. The zero-order chi connectivity index (χ0) is 11.8. The predicted octanol–water partition coefficient (Wildman–Crippen LogP) is 3.13.